The van der Waals surface area contributed by atoms with Crippen molar-refractivity contribution in [2.45, 2.75) is 39.0 Å². The molecule has 4 aromatic rings. The predicted molar refractivity (Wildman–Crippen MR) is 114 cm³/mol. The van der Waals surface area contributed by atoms with E-state index in [1.165, 1.54) is 0 Å². The second kappa shape index (κ2) is 9.62. The van der Waals surface area contributed by atoms with E-state index in [-0.39, 0.29) is 31.7 Å². The average Bonchev–Trinajstić information content (AvgIpc) is 3.38. The van der Waals surface area contributed by atoms with Crippen LogP contribution in [0.1, 0.15) is 30.0 Å². The molecule has 4 heterocycles. The van der Waals surface area contributed by atoms with E-state index in [0.717, 1.165) is 17.7 Å². The van der Waals surface area contributed by atoms with E-state index in [2.05, 4.69) is 25.3 Å². The molecular weight excluding hydrogens is 414 g/mol. The first-order valence-corrected chi connectivity index (χ1v) is 10.1. The summed E-state index contributed by atoms with van der Waals surface area (Å²) in [5.41, 5.74) is 8.77. The summed E-state index contributed by atoms with van der Waals surface area (Å²) in [6.45, 7) is 2.33. The summed E-state index contributed by atoms with van der Waals surface area (Å²) >= 11 is 0. The lowest BCUT2D eigenvalue weighted by Gasteiger charge is -2.14. The summed E-state index contributed by atoms with van der Waals surface area (Å²) < 4.78 is 13.0. The van der Waals surface area contributed by atoms with E-state index in [0.29, 0.717) is 41.3 Å². The van der Waals surface area contributed by atoms with Gasteiger partial charge in [-0.25, -0.2) is 9.67 Å². The fourth-order valence-corrected chi connectivity index (χ4v) is 3.29. The Kier molecular flexibility index (Phi) is 6.47. The van der Waals surface area contributed by atoms with Crippen molar-refractivity contribution in [3.8, 4) is 11.5 Å². The number of aromatic nitrogens is 6. The normalized spacial score (nSPS) is 12.3. The van der Waals surface area contributed by atoms with E-state index in [4.69, 9.17) is 20.0 Å². The van der Waals surface area contributed by atoms with Gasteiger partial charge in [0.05, 0.1) is 30.6 Å². The first kappa shape index (κ1) is 21.5. The molecule has 0 radical (unpaired) electrons. The number of fused-ring (bicyclic) bond motifs is 1. The molecule has 0 saturated carbocycles. The van der Waals surface area contributed by atoms with Crippen molar-refractivity contribution < 1.29 is 19.1 Å². The van der Waals surface area contributed by atoms with Crippen LogP contribution in [0.4, 0.5) is 5.95 Å². The van der Waals surface area contributed by atoms with Crippen LogP contribution in [0.2, 0.25) is 0 Å². The third kappa shape index (κ3) is 4.79. The first-order chi connectivity index (χ1) is 15.6. The number of aldehydes is 1. The number of carbonyl (C=O) groups is 1. The predicted octanol–water partition coefficient (Wildman–Crippen LogP) is 1.67. The van der Waals surface area contributed by atoms with Gasteiger partial charge in [-0.2, -0.15) is 4.98 Å². The van der Waals surface area contributed by atoms with Gasteiger partial charge in [-0.3, -0.25) is 4.98 Å². The van der Waals surface area contributed by atoms with E-state index < -0.39 is 0 Å². The molecule has 0 aromatic carbocycles. The van der Waals surface area contributed by atoms with Gasteiger partial charge in [0, 0.05) is 13.0 Å². The number of aliphatic hydroxyl groups excluding tert-OH is 1. The van der Waals surface area contributed by atoms with Gasteiger partial charge in [0.15, 0.2) is 16.9 Å². The molecule has 32 heavy (non-hydrogen) atoms. The lowest BCUT2D eigenvalue weighted by Crippen LogP contribution is -2.16. The highest BCUT2D eigenvalue weighted by Crippen LogP contribution is 2.26. The minimum absolute atomic E-state index is 0.0457. The highest BCUT2D eigenvalue weighted by atomic mass is 16.5. The van der Waals surface area contributed by atoms with Gasteiger partial charge in [-0.05, 0) is 37.6 Å². The quantitative estimate of drug-likeness (QED) is 0.350. The van der Waals surface area contributed by atoms with E-state index in [9.17, 15) is 4.79 Å². The molecule has 0 aliphatic carbocycles. The number of aliphatic hydroxyl groups is 1. The Bertz CT molecular complexity index is 1220. The fourth-order valence-electron chi connectivity index (χ4n) is 3.29. The van der Waals surface area contributed by atoms with Gasteiger partial charge in [-0.1, -0.05) is 11.3 Å². The minimum Gasteiger partial charge on any atom is -0.460 e. The Hall–Kier alpha value is -3.70. The Labute approximate surface area is 183 Å². The zero-order valence-corrected chi connectivity index (χ0v) is 17.5. The molecule has 0 unspecified atom stereocenters. The maximum absolute atomic E-state index is 10.8. The number of anilines is 1. The highest BCUT2D eigenvalue weighted by Gasteiger charge is 2.18. The molecule has 4 aromatic heterocycles. The highest BCUT2D eigenvalue weighted by molar-refractivity contribution is 5.86. The van der Waals surface area contributed by atoms with Gasteiger partial charge in [0.2, 0.25) is 5.95 Å². The number of ether oxygens (including phenoxy) is 1. The van der Waals surface area contributed by atoms with Crippen LogP contribution in [-0.4, -0.2) is 54.0 Å². The zero-order valence-electron chi connectivity index (χ0n) is 17.5. The van der Waals surface area contributed by atoms with Crippen LogP contribution >= 0.6 is 0 Å². The van der Waals surface area contributed by atoms with Crippen LogP contribution < -0.4 is 5.73 Å². The molecule has 0 saturated heterocycles. The van der Waals surface area contributed by atoms with E-state index in [1.807, 2.05) is 31.2 Å². The Morgan fingerprint density at radius 2 is 2.06 bits per heavy atom. The SMILES string of the molecule is Cc1ccc(-c2nc(N)nc3c2nnn3Cc2cccc(CO[C@H](CC=O)CCO)n2)o1. The number of hydrogen-bond donors (Lipinski definition) is 2. The second-order valence-electron chi connectivity index (χ2n) is 7.23. The van der Waals surface area contributed by atoms with Gasteiger partial charge in [-0.15, -0.1) is 5.10 Å². The largest absolute Gasteiger partial charge is 0.460 e. The second-order valence-corrected chi connectivity index (χ2v) is 7.23. The molecule has 11 heteroatoms. The minimum atomic E-state index is -0.342. The summed E-state index contributed by atoms with van der Waals surface area (Å²) in [6.07, 6.45) is 1.06. The molecule has 0 aliphatic rings. The van der Waals surface area contributed by atoms with Crippen molar-refractivity contribution in [1.29, 1.82) is 0 Å². The Morgan fingerprint density at radius 3 is 2.81 bits per heavy atom. The van der Waals surface area contributed by atoms with Crippen LogP contribution in [0.3, 0.4) is 0 Å². The van der Waals surface area contributed by atoms with Crippen LogP contribution in [0.15, 0.2) is 34.7 Å². The smallest absolute Gasteiger partial charge is 0.222 e. The van der Waals surface area contributed by atoms with Crippen LogP contribution in [0.25, 0.3) is 22.6 Å². The third-order valence-corrected chi connectivity index (χ3v) is 4.81. The van der Waals surface area contributed by atoms with Gasteiger partial charge >= 0.3 is 0 Å². The molecule has 0 spiro atoms. The average molecular weight is 437 g/mol. The summed E-state index contributed by atoms with van der Waals surface area (Å²) in [5.74, 6) is 1.37. The van der Waals surface area contributed by atoms with E-state index >= 15 is 0 Å². The zero-order chi connectivity index (χ0) is 22.5. The molecule has 0 amide bonds. The number of nitrogen functional groups attached to an aromatic ring is 1. The van der Waals surface area contributed by atoms with Crippen molar-refractivity contribution in [1.82, 2.24) is 29.9 Å². The molecule has 3 N–H and O–H groups in total. The Morgan fingerprint density at radius 1 is 1.22 bits per heavy atom. The molecule has 4 rings (SSSR count). The number of nitrogens with two attached hydrogens (primary N) is 1. The van der Waals surface area contributed by atoms with E-state index in [1.54, 1.807) is 10.7 Å². The summed E-state index contributed by atoms with van der Waals surface area (Å²) in [5, 5.41) is 17.5. The van der Waals surface area contributed by atoms with Crippen molar-refractivity contribution in [3.05, 3.63) is 47.5 Å². The monoisotopic (exact) mass is 437 g/mol. The summed E-state index contributed by atoms with van der Waals surface area (Å²) in [4.78, 5) is 23.9. The number of furan rings is 1. The number of hydrogen-bond acceptors (Lipinski definition) is 10. The fraction of sp³-hybridized carbons (Fsp3) is 0.333. The summed E-state index contributed by atoms with van der Waals surface area (Å²) in [7, 11) is 0. The molecule has 0 aliphatic heterocycles. The van der Waals surface area contributed by atoms with Gasteiger partial charge in [0.25, 0.3) is 0 Å². The first-order valence-electron chi connectivity index (χ1n) is 10.1. The van der Waals surface area contributed by atoms with Crippen LogP contribution in [0, 0.1) is 6.92 Å². The number of nitrogens with zero attached hydrogens (tertiary/aromatic N) is 6. The molecule has 0 bridgehead atoms. The summed E-state index contributed by atoms with van der Waals surface area (Å²) in [6, 6.07) is 9.19. The third-order valence-electron chi connectivity index (χ3n) is 4.81. The molecule has 0 fully saturated rings. The maximum Gasteiger partial charge on any atom is 0.222 e. The topological polar surface area (TPSA) is 155 Å². The number of aryl methyl sites for hydroxylation is 1. The number of rotatable bonds is 10. The lowest BCUT2D eigenvalue weighted by atomic mass is 10.2. The molecule has 1 atom stereocenters. The standard InChI is InChI=1S/C21H23N7O4/c1-13-5-6-17(32-13)18-19-20(25-21(22)24-18)28(27-26-19)11-14-3-2-4-15(23-14)12-31-16(7-9-29)8-10-30/h2-6,9,16,30H,7-8,10-12H2,1H3,(H2,22,24,25)/t16-/m1/s1. The van der Waals surface area contributed by atoms with Crippen molar-refractivity contribution >= 4 is 23.4 Å². The molecule has 166 valence electrons. The lowest BCUT2D eigenvalue weighted by molar-refractivity contribution is -0.111. The molecule has 11 nitrogen and oxygen atoms in total. The van der Waals surface area contributed by atoms with Crippen molar-refractivity contribution in [3.63, 3.8) is 0 Å². The number of pyridine rings is 1. The van der Waals surface area contributed by atoms with Crippen molar-refractivity contribution in [2.75, 3.05) is 12.3 Å². The molecular formula is C21H23N7O4. The van der Waals surface area contributed by atoms with Crippen LogP contribution in [-0.2, 0) is 22.7 Å². The van der Waals surface area contributed by atoms with Gasteiger partial charge < -0.3 is 24.8 Å². The number of carbonyl (C=O) groups excluding carboxylic acids is 1. The Balaban J connectivity index is 1.56. The maximum atomic E-state index is 10.8. The van der Waals surface area contributed by atoms with Crippen LogP contribution in [0.5, 0.6) is 0 Å². The van der Waals surface area contributed by atoms with Crippen molar-refractivity contribution in [2.24, 2.45) is 0 Å². The van der Waals surface area contributed by atoms with Gasteiger partial charge in [0.1, 0.15) is 17.7 Å².